The second-order valence-corrected chi connectivity index (χ2v) is 4.25. The van der Waals surface area contributed by atoms with Gasteiger partial charge in [-0.15, -0.1) is 5.10 Å². The van der Waals surface area contributed by atoms with Crippen molar-refractivity contribution in [1.29, 1.82) is 0 Å². The van der Waals surface area contributed by atoms with Gasteiger partial charge in [-0.1, -0.05) is 5.21 Å². The summed E-state index contributed by atoms with van der Waals surface area (Å²) in [4.78, 5) is 23.6. The van der Waals surface area contributed by atoms with Crippen LogP contribution in [0.3, 0.4) is 0 Å². The third kappa shape index (κ3) is 2.61. The quantitative estimate of drug-likeness (QED) is 0.790. The van der Waals surface area contributed by atoms with E-state index in [0.29, 0.717) is 19.0 Å². The van der Waals surface area contributed by atoms with Crippen molar-refractivity contribution in [3.63, 3.8) is 0 Å². The smallest absolute Gasteiger partial charge is 0.358 e. The van der Waals surface area contributed by atoms with Gasteiger partial charge in [0.15, 0.2) is 5.69 Å². The monoisotopic (exact) mass is 238 g/mol. The first-order valence-electron chi connectivity index (χ1n) is 5.45. The van der Waals surface area contributed by atoms with Crippen molar-refractivity contribution >= 4 is 11.9 Å². The molecule has 1 aromatic rings. The molecule has 1 amide bonds. The Morgan fingerprint density at radius 3 is 2.88 bits per heavy atom. The Kier molecular flexibility index (Phi) is 3.08. The Balaban J connectivity index is 1.93. The van der Waals surface area contributed by atoms with E-state index in [1.165, 1.54) is 10.9 Å². The van der Waals surface area contributed by atoms with Gasteiger partial charge in [-0.25, -0.2) is 4.79 Å². The highest BCUT2D eigenvalue weighted by Gasteiger charge is 2.24. The van der Waals surface area contributed by atoms with Gasteiger partial charge >= 0.3 is 5.97 Å². The highest BCUT2D eigenvalue weighted by molar-refractivity contribution is 5.84. The number of rotatable bonds is 3. The molecule has 0 bridgehead atoms. The maximum atomic E-state index is 11.2. The van der Waals surface area contributed by atoms with E-state index in [-0.39, 0.29) is 11.6 Å². The molecule has 92 valence electrons. The third-order valence-electron chi connectivity index (χ3n) is 2.93. The molecule has 7 heteroatoms. The predicted molar refractivity (Wildman–Crippen MR) is 57.3 cm³/mol. The summed E-state index contributed by atoms with van der Waals surface area (Å²) < 4.78 is 1.53. The molecular weight excluding hydrogens is 224 g/mol. The fraction of sp³-hybridized carbons (Fsp3) is 0.600. The number of nitrogens with zero attached hydrogens (tertiary/aromatic N) is 4. The van der Waals surface area contributed by atoms with Crippen LogP contribution in [0.2, 0.25) is 0 Å². The van der Waals surface area contributed by atoms with Crippen LogP contribution in [-0.4, -0.2) is 50.0 Å². The van der Waals surface area contributed by atoms with Crippen molar-refractivity contribution in [2.75, 3.05) is 13.1 Å². The highest BCUT2D eigenvalue weighted by Crippen LogP contribution is 2.17. The molecule has 1 aliphatic heterocycles. The minimum Gasteiger partial charge on any atom is -0.476 e. The lowest BCUT2D eigenvalue weighted by molar-refractivity contribution is -0.127. The Morgan fingerprint density at radius 2 is 2.35 bits per heavy atom. The van der Waals surface area contributed by atoms with Crippen molar-refractivity contribution in [3.05, 3.63) is 11.9 Å². The van der Waals surface area contributed by atoms with Gasteiger partial charge in [-0.2, -0.15) is 0 Å². The van der Waals surface area contributed by atoms with Crippen LogP contribution in [0.1, 0.15) is 23.8 Å². The number of carboxylic acid groups (broad SMARTS) is 1. The van der Waals surface area contributed by atoms with E-state index in [0.717, 1.165) is 13.0 Å². The van der Waals surface area contributed by atoms with E-state index < -0.39 is 5.97 Å². The highest BCUT2D eigenvalue weighted by atomic mass is 16.4. The minimum atomic E-state index is -1.08. The van der Waals surface area contributed by atoms with Gasteiger partial charge in [0.25, 0.3) is 0 Å². The summed E-state index contributed by atoms with van der Waals surface area (Å²) in [6.45, 7) is 3.63. The fourth-order valence-corrected chi connectivity index (χ4v) is 2.02. The zero-order chi connectivity index (χ0) is 12.4. The molecule has 1 atom stereocenters. The summed E-state index contributed by atoms with van der Waals surface area (Å²) in [5, 5.41) is 16.0. The number of carbonyl (C=O) groups is 2. The number of hydrogen-bond acceptors (Lipinski definition) is 4. The zero-order valence-corrected chi connectivity index (χ0v) is 9.54. The first-order valence-corrected chi connectivity index (χ1v) is 5.45. The lowest BCUT2D eigenvalue weighted by Gasteiger charge is -2.13. The van der Waals surface area contributed by atoms with Crippen LogP contribution in [0.4, 0.5) is 0 Å². The van der Waals surface area contributed by atoms with Crippen molar-refractivity contribution in [3.8, 4) is 0 Å². The Hall–Kier alpha value is -1.92. The van der Waals surface area contributed by atoms with Crippen LogP contribution in [0.15, 0.2) is 6.20 Å². The normalized spacial score (nSPS) is 19.6. The summed E-state index contributed by atoms with van der Waals surface area (Å²) in [7, 11) is 0. The van der Waals surface area contributed by atoms with E-state index >= 15 is 0 Å². The standard InChI is InChI=1S/C10H14N4O3/c1-7(15)13-3-2-8(4-13)5-14-6-9(10(16)17)11-12-14/h6,8H,2-5H2,1H3,(H,16,17). The maximum absolute atomic E-state index is 11.2. The Morgan fingerprint density at radius 1 is 1.59 bits per heavy atom. The average Bonchev–Trinajstić information content (AvgIpc) is 2.87. The van der Waals surface area contributed by atoms with E-state index in [1.807, 2.05) is 0 Å². The molecule has 7 nitrogen and oxygen atoms in total. The molecule has 0 radical (unpaired) electrons. The molecule has 0 saturated carbocycles. The minimum absolute atomic E-state index is 0.0496. The molecule has 1 saturated heterocycles. The topological polar surface area (TPSA) is 88.3 Å². The largest absolute Gasteiger partial charge is 0.476 e. The van der Waals surface area contributed by atoms with Crippen LogP contribution >= 0.6 is 0 Å². The molecule has 1 N–H and O–H groups in total. The predicted octanol–water partition coefficient (Wildman–Crippen LogP) is -0.155. The molecule has 0 spiro atoms. The molecular formula is C10H14N4O3. The SMILES string of the molecule is CC(=O)N1CCC(Cn2cc(C(=O)O)nn2)C1. The molecule has 17 heavy (non-hydrogen) atoms. The van der Waals surface area contributed by atoms with Crippen molar-refractivity contribution in [2.45, 2.75) is 19.9 Å². The van der Waals surface area contributed by atoms with Crippen molar-refractivity contribution in [2.24, 2.45) is 5.92 Å². The van der Waals surface area contributed by atoms with Gasteiger partial charge in [0, 0.05) is 26.6 Å². The molecule has 2 rings (SSSR count). The molecule has 1 aromatic heterocycles. The lowest BCUT2D eigenvalue weighted by Crippen LogP contribution is -2.26. The van der Waals surface area contributed by atoms with Crippen molar-refractivity contribution in [1.82, 2.24) is 19.9 Å². The number of aromatic carboxylic acids is 1. The Bertz CT molecular complexity index is 443. The number of amides is 1. The molecule has 1 unspecified atom stereocenters. The Labute approximate surface area is 98.0 Å². The number of aromatic nitrogens is 3. The number of carbonyl (C=O) groups excluding carboxylic acids is 1. The second kappa shape index (κ2) is 4.52. The molecule has 2 heterocycles. The summed E-state index contributed by atoms with van der Waals surface area (Å²) in [5.74, 6) is -0.674. The molecule has 1 fully saturated rings. The maximum Gasteiger partial charge on any atom is 0.358 e. The first-order chi connectivity index (χ1) is 8.06. The third-order valence-corrected chi connectivity index (χ3v) is 2.93. The first kappa shape index (κ1) is 11.6. The van der Waals surface area contributed by atoms with Crippen LogP contribution < -0.4 is 0 Å². The molecule has 0 aromatic carbocycles. The van der Waals surface area contributed by atoms with E-state index in [9.17, 15) is 9.59 Å². The van der Waals surface area contributed by atoms with E-state index in [2.05, 4.69) is 10.3 Å². The van der Waals surface area contributed by atoms with E-state index in [1.54, 1.807) is 11.8 Å². The summed E-state index contributed by atoms with van der Waals surface area (Å²) in [6, 6.07) is 0. The van der Waals surface area contributed by atoms with Gasteiger partial charge in [-0.3, -0.25) is 9.48 Å². The summed E-state index contributed by atoms with van der Waals surface area (Å²) >= 11 is 0. The van der Waals surface area contributed by atoms with Gasteiger partial charge < -0.3 is 10.0 Å². The zero-order valence-electron chi connectivity index (χ0n) is 9.54. The van der Waals surface area contributed by atoms with Gasteiger partial charge in [0.05, 0.1) is 6.20 Å². The molecule has 1 aliphatic rings. The van der Waals surface area contributed by atoms with Crippen LogP contribution in [-0.2, 0) is 11.3 Å². The number of carboxylic acids is 1. The molecule has 0 aliphatic carbocycles. The van der Waals surface area contributed by atoms with Gasteiger partial charge in [0.1, 0.15) is 0 Å². The lowest BCUT2D eigenvalue weighted by atomic mass is 10.1. The van der Waals surface area contributed by atoms with Crippen LogP contribution in [0.5, 0.6) is 0 Å². The number of hydrogen-bond donors (Lipinski definition) is 1. The summed E-state index contributed by atoms with van der Waals surface area (Å²) in [5.41, 5.74) is -0.0496. The summed E-state index contributed by atoms with van der Waals surface area (Å²) in [6.07, 6.45) is 2.33. The average molecular weight is 238 g/mol. The van der Waals surface area contributed by atoms with Crippen LogP contribution in [0, 0.1) is 5.92 Å². The van der Waals surface area contributed by atoms with Crippen molar-refractivity contribution < 1.29 is 14.7 Å². The van der Waals surface area contributed by atoms with Crippen LogP contribution in [0.25, 0.3) is 0 Å². The fourth-order valence-electron chi connectivity index (χ4n) is 2.02. The van der Waals surface area contributed by atoms with Gasteiger partial charge in [-0.05, 0) is 12.3 Å². The second-order valence-electron chi connectivity index (χ2n) is 4.25. The van der Waals surface area contributed by atoms with Gasteiger partial charge in [0.2, 0.25) is 5.91 Å². The van der Waals surface area contributed by atoms with E-state index in [4.69, 9.17) is 5.11 Å². The number of likely N-dealkylation sites (tertiary alicyclic amines) is 1.